The molecule has 8 heteroatoms. The first-order valence-corrected chi connectivity index (χ1v) is 15.0. The molecule has 0 fully saturated rings. The highest BCUT2D eigenvalue weighted by atomic mass is 32.2. The maximum Gasteiger partial charge on any atom is 0.344 e. The van der Waals surface area contributed by atoms with E-state index in [0.29, 0.717) is 39.7 Å². The third kappa shape index (κ3) is 6.78. The minimum Gasteiger partial charge on any atom is -0.491 e. The highest BCUT2D eigenvalue weighted by Gasteiger charge is 2.15. The van der Waals surface area contributed by atoms with Crippen LogP contribution in [0, 0.1) is 0 Å². The largest absolute Gasteiger partial charge is 0.491 e. The van der Waals surface area contributed by atoms with Crippen molar-refractivity contribution in [2.24, 2.45) is 0 Å². The quantitative estimate of drug-likeness (QED) is 0.0791. The van der Waals surface area contributed by atoms with E-state index in [4.69, 9.17) is 23.0 Å². The molecule has 6 rings (SSSR count). The molecule has 7 nitrogen and oxygen atoms in total. The Morgan fingerprint density at radius 2 is 1.14 bits per heavy atom. The molecule has 0 aliphatic carbocycles. The fraction of sp³-hybridized carbons (Fsp3) is 0.111. The lowest BCUT2D eigenvalue weighted by molar-refractivity contribution is 0.0162. The van der Waals surface area contributed by atoms with Gasteiger partial charge in [0.1, 0.15) is 42.0 Å². The van der Waals surface area contributed by atoms with Crippen LogP contribution in [0.5, 0.6) is 11.5 Å². The Hall–Kier alpha value is -5.05. The lowest BCUT2D eigenvalue weighted by Gasteiger charge is -2.19. The molecule has 0 unspecified atom stereocenters. The maximum atomic E-state index is 12.7. The summed E-state index contributed by atoms with van der Waals surface area (Å²) >= 11 is 1.42. The molecule has 0 spiro atoms. The van der Waals surface area contributed by atoms with Crippen molar-refractivity contribution < 1.29 is 23.0 Å². The number of fused-ring (bicyclic) bond motifs is 2. The van der Waals surface area contributed by atoms with Crippen molar-refractivity contribution in [1.29, 1.82) is 0 Å². The average Bonchev–Trinajstić information content (AvgIpc) is 3.05. The summed E-state index contributed by atoms with van der Waals surface area (Å²) in [6.07, 6.45) is -0.436. The molecule has 0 amide bonds. The molecular weight excluding hydrogens is 576 g/mol. The van der Waals surface area contributed by atoms with Crippen LogP contribution in [0.25, 0.3) is 44.2 Å². The second kappa shape index (κ2) is 13.5. The molecule has 220 valence electrons. The van der Waals surface area contributed by atoms with Gasteiger partial charge < -0.3 is 23.0 Å². The van der Waals surface area contributed by atoms with E-state index in [0.717, 1.165) is 21.9 Å². The summed E-state index contributed by atoms with van der Waals surface area (Å²) in [6.45, 7) is 4.07. The van der Waals surface area contributed by atoms with Gasteiger partial charge in [-0.25, -0.2) is 9.59 Å². The first-order chi connectivity index (χ1) is 21.6. The smallest absolute Gasteiger partial charge is 0.344 e. The molecule has 0 saturated carbocycles. The molecule has 6 aromatic rings. The van der Waals surface area contributed by atoms with Gasteiger partial charge in [0.15, 0.2) is 0 Å². The van der Waals surface area contributed by atoms with Crippen molar-refractivity contribution in [3.63, 3.8) is 0 Å². The Labute approximate surface area is 257 Å². The molecule has 0 N–H and O–H groups in total. The molecule has 0 bridgehead atoms. The third-order valence-electron chi connectivity index (χ3n) is 6.95. The van der Waals surface area contributed by atoms with Gasteiger partial charge in [0.25, 0.3) is 0 Å². The van der Waals surface area contributed by atoms with E-state index in [1.54, 1.807) is 17.5 Å². The zero-order valence-corrected chi connectivity index (χ0v) is 24.5. The maximum absolute atomic E-state index is 12.7. The number of ether oxygens (including phenoxy) is 3. The molecule has 0 saturated heterocycles. The zero-order valence-electron chi connectivity index (χ0n) is 23.6. The minimum atomic E-state index is -0.436. The van der Waals surface area contributed by atoms with E-state index in [-0.39, 0.29) is 13.2 Å². The van der Waals surface area contributed by atoms with Gasteiger partial charge in [-0.2, -0.15) is 0 Å². The topological polar surface area (TPSA) is 88.1 Å². The highest BCUT2D eigenvalue weighted by molar-refractivity contribution is 8.01. The summed E-state index contributed by atoms with van der Waals surface area (Å²) in [5, 5.41) is 3.27. The zero-order chi connectivity index (χ0) is 30.3. The number of rotatable bonds is 12. The fourth-order valence-electron chi connectivity index (χ4n) is 4.71. The van der Waals surface area contributed by atoms with Crippen molar-refractivity contribution in [3.05, 3.63) is 142 Å². The molecule has 0 atom stereocenters. The Balaban J connectivity index is 1.14. The third-order valence-corrected chi connectivity index (χ3v) is 7.45. The van der Waals surface area contributed by atoms with E-state index in [1.165, 1.54) is 11.8 Å². The fourth-order valence-corrected chi connectivity index (χ4v) is 5.07. The van der Waals surface area contributed by atoms with Gasteiger partial charge in [0.05, 0.1) is 17.1 Å². The molecular formula is C36H28O7S. The molecule has 0 radical (unpaired) electrons. The van der Waals surface area contributed by atoms with Gasteiger partial charge in [-0.3, -0.25) is 0 Å². The van der Waals surface area contributed by atoms with Crippen molar-refractivity contribution in [3.8, 4) is 33.8 Å². The van der Waals surface area contributed by atoms with Crippen molar-refractivity contribution in [1.82, 2.24) is 0 Å². The van der Waals surface area contributed by atoms with Gasteiger partial charge in [-0.1, -0.05) is 67.2 Å². The molecule has 0 aliphatic rings. The first-order valence-electron chi connectivity index (χ1n) is 13.9. The van der Waals surface area contributed by atoms with Crippen LogP contribution in [-0.2, 0) is 4.74 Å². The van der Waals surface area contributed by atoms with Crippen LogP contribution in [0.15, 0.2) is 140 Å². The Kier molecular flexibility index (Phi) is 8.91. The van der Waals surface area contributed by atoms with E-state index >= 15 is 0 Å². The first kappa shape index (κ1) is 29.0. The molecule has 2 heterocycles. The van der Waals surface area contributed by atoms with Gasteiger partial charge in [-0.05, 0) is 52.9 Å². The van der Waals surface area contributed by atoms with Crippen molar-refractivity contribution >= 4 is 33.7 Å². The van der Waals surface area contributed by atoms with Crippen molar-refractivity contribution in [2.75, 3.05) is 19.2 Å². The predicted molar refractivity (Wildman–Crippen MR) is 174 cm³/mol. The number of hydrogen-bond donors (Lipinski definition) is 0. The SMILES string of the molecule is C=CSCOC(COc1ccc2cc(-c3ccccc3)c(=O)oc2c1)COc1ccc2cc(-c3ccccc3)c(=O)oc2c1. The molecule has 2 aromatic heterocycles. The van der Waals surface area contributed by atoms with E-state index in [1.807, 2.05) is 97.1 Å². The molecule has 4 aromatic carbocycles. The summed E-state index contributed by atoms with van der Waals surface area (Å²) in [6, 6.07) is 33.2. The summed E-state index contributed by atoms with van der Waals surface area (Å²) in [5.41, 5.74) is 2.62. The van der Waals surface area contributed by atoms with Crippen LogP contribution < -0.4 is 20.7 Å². The second-order valence-corrected chi connectivity index (χ2v) is 10.8. The lowest BCUT2D eigenvalue weighted by atomic mass is 10.1. The number of hydrogen-bond acceptors (Lipinski definition) is 8. The summed E-state index contributed by atoms with van der Waals surface area (Å²) in [7, 11) is 0. The molecule has 44 heavy (non-hydrogen) atoms. The van der Waals surface area contributed by atoms with Crippen molar-refractivity contribution in [2.45, 2.75) is 6.10 Å². The Morgan fingerprint density at radius 3 is 1.59 bits per heavy atom. The molecule has 0 aliphatic heterocycles. The lowest BCUT2D eigenvalue weighted by Crippen LogP contribution is -2.28. The van der Waals surface area contributed by atoms with Crippen LogP contribution in [0.1, 0.15) is 0 Å². The number of thioether (sulfide) groups is 1. The van der Waals surface area contributed by atoms with E-state index < -0.39 is 17.4 Å². The van der Waals surface area contributed by atoms with Crippen LogP contribution in [-0.4, -0.2) is 25.3 Å². The summed E-state index contributed by atoms with van der Waals surface area (Å²) < 4.78 is 29.3. The van der Waals surface area contributed by atoms with Gasteiger partial charge in [0.2, 0.25) is 0 Å². The monoisotopic (exact) mass is 604 g/mol. The van der Waals surface area contributed by atoms with E-state index in [2.05, 4.69) is 6.58 Å². The summed E-state index contributed by atoms with van der Waals surface area (Å²) in [4.78, 5) is 25.4. The van der Waals surface area contributed by atoms with Gasteiger partial charge in [-0.15, -0.1) is 11.8 Å². The standard InChI is InChI=1S/C36H28O7S/c1-2-44-23-41-30(21-39-28-15-13-26-17-31(24-9-5-3-6-10-24)35(37)42-33(26)19-28)22-40-29-16-14-27-18-32(25-11-7-4-8-12-25)36(38)43-34(27)20-29/h2-20,30H,1,21-23H2. The normalized spacial score (nSPS) is 11.2. The van der Waals surface area contributed by atoms with Crippen LogP contribution in [0.2, 0.25) is 0 Å². The van der Waals surface area contributed by atoms with Crippen LogP contribution in [0.4, 0.5) is 0 Å². The minimum absolute atomic E-state index is 0.179. The Morgan fingerprint density at radius 1 is 0.659 bits per heavy atom. The summed E-state index contributed by atoms with van der Waals surface area (Å²) in [5.74, 6) is 1.42. The second-order valence-electron chi connectivity index (χ2n) is 9.89. The van der Waals surface area contributed by atoms with Crippen LogP contribution >= 0.6 is 11.8 Å². The Bertz CT molecular complexity index is 1880. The van der Waals surface area contributed by atoms with Gasteiger partial charge in [0, 0.05) is 22.9 Å². The highest BCUT2D eigenvalue weighted by Crippen LogP contribution is 2.26. The predicted octanol–water partition coefficient (Wildman–Crippen LogP) is 7.91. The van der Waals surface area contributed by atoms with Crippen LogP contribution in [0.3, 0.4) is 0 Å². The average molecular weight is 605 g/mol. The number of benzene rings is 4. The van der Waals surface area contributed by atoms with E-state index in [9.17, 15) is 9.59 Å². The van der Waals surface area contributed by atoms with Gasteiger partial charge >= 0.3 is 11.3 Å².